The lowest BCUT2D eigenvalue weighted by Crippen LogP contribution is -2.20. The topological polar surface area (TPSA) is 29.8 Å². The van der Waals surface area contributed by atoms with Gasteiger partial charge < -0.3 is 14.0 Å². The van der Waals surface area contributed by atoms with Gasteiger partial charge in [0.25, 0.3) is 0 Å². The van der Waals surface area contributed by atoms with Gasteiger partial charge in [-0.05, 0) is 60.7 Å². The van der Waals surface area contributed by atoms with Crippen molar-refractivity contribution < 1.29 is 4.74 Å². The lowest BCUT2D eigenvalue weighted by molar-refractivity contribution is 0.223. The molecule has 46 heavy (non-hydrogen) atoms. The molecular weight excluding hydrogens is 583 g/mol. The molecule has 216 valence electrons. The molecule has 2 aliphatic heterocycles. The smallest absolute Gasteiger partial charge is 0.151 e. The van der Waals surface area contributed by atoms with Gasteiger partial charge in [0, 0.05) is 53.6 Å². The molecule has 2 atom stereocenters. The first-order valence-corrected chi connectivity index (χ1v) is 16.5. The van der Waals surface area contributed by atoms with Crippen molar-refractivity contribution >= 4 is 70.3 Å². The minimum Gasteiger partial charge on any atom is -0.483 e. The first kappa shape index (κ1) is 24.6. The molecule has 5 heteroatoms. The average molecular weight is 608 g/mol. The van der Waals surface area contributed by atoms with E-state index in [2.05, 4.69) is 149 Å². The number of fused-ring (bicyclic) bond motifs is 13. The summed E-state index contributed by atoms with van der Waals surface area (Å²) in [5.41, 5.74) is 11.4. The van der Waals surface area contributed by atoms with E-state index in [1.165, 1.54) is 47.9 Å². The molecule has 3 aromatic heterocycles. The first-order chi connectivity index (χ1) is 22.8. The Kier molecular flexibility index (Phi) is 4.80. The van der Waals surface area contributed by atoms with Crippen molar-refractivity contribution in [2.75, 3.05) is 4.90 Å². The molecule has 0 aliphatic carbocycles. The number of aromatic nitrogens is 2. The monoisotopic (exact) mass is 607 g/mol. The van der Waals surface area contributed by atoms with Gasteiger partial charge in [-0.25, -0.2) is 4.98 Å². The Morgan fingerprint density at radius 2 is 1.39 bits per heavy atom. The molecule has 0 amide bonds. The van der Waals surface area contributed by atoms with Crippen LogP contribution in [0.1, 0.15) is 23.3 Å². The van der Waals surface area contributed by atoms with Gasteiger partial charge in [0.2, 0.25) is 0 Å². The number of ether oxygens (including phenoxy) is 1. The van der Waals surface area contributed by atoms with Crippen molar-refractivity contribution in [2.45, 2.75) is 12.1 Å². The molecule has 5 heterocycles. The SMILES string of the molecule is c1ccc2c(c1)OC1c3cc4sc5ccccc5c4cc3N(c3ccc(-c4nc5ccccc5n5c4cc4ccccc45)cc3)C21. The zero-order valence-electron chi connectivity index (χ0n) is 24.6. The Bertz CT molecular complexity index is 2700. The summed E-state index contributed by atoms with van der Waals surface area (Å²) in [6, 6.07) is 50.3. The Hall–Kier alpha value is -5.65. The van der Waals surface area contributed by atoms with Crippen LogP contribution in [-0.2, 0) is 0 Å². The molecular formula is C41H25N3OS. The van der Waals surface area contributed by atoms with Crippen LogP contribution in [0.2, 0.25) is 0 Å². The fraction of sp³-hybridized carbons (Fsp3) is 0.0488. The van der Waals surface area contributed by atoms with Crippen molar-refractivity contribution in [1.29, 1.82) is 0 Å². The predicted molar refractivity (Wildman–Crippen MR) is 190 cm³/mol. The van der Waals surface area contributed by atoms with E-state index < -0.39 is 0 Å². The van der Waals surface area contributed by atoms with Crippen LogP contribution >= 0.6 is 11.3 Å². The van der Waals surface area contributed by atoms with Crippen LogP contribution in [-0.4, -0.2) is 9.38 Å². The van der Waals surface area contributed by atoms with Gasteiger partial charge in [-0.1, -0.05) is 78.9 Å². The van der Waals surface area contributed by atoms with Crippen LogP contribution in [0, 0.1) is 0 Å². The van der Waals surface area contributed by atoms with E-state index in [1.807, 2.05) is 11.3 Å². The lowest BCUT2D eigenvalue weighted by Gasteiger charge is -2.27. The van der Waals surface area contributed by atoms with Crippen LogP contribution in [0.3, 0.4) is 0 Å². The van der Waals surface area contributed by atoms with E-state index in [0.717, 1.165) is 39.2 Å². The van der Waals surface area contributed by atoms with E-state index in [0.29, 0.717) is 0 Å². The minimum atomic E-state index is -0.0587. The number of benzene rings is 6. The van der Waals surface area contributed by atoms with Gasteiger partial charge in [-0.2, -0.15) is 0 Å². The molecule has 0 radical (unpaired) electrons. The summed E-state index contributed by atoms with van der Waals surface area (Å²) in [6.45, 7) is 0. The summed E-state index contributed by atoms with van der Waals surface area (Å²) < 4.78 is 11.7. The number of thiophene rings is 1. The van der Waals surface area contributed by atoms with Crippen molar-refractivity contribution in [3.63, 3.8) is 0 Å². The van der Waals surface area contributed by atoms with Gasteiger partial charge >= 0.3 is 0 Å². The maximum Gasteiger partial charge on any atom is 0.151 e. The maximum absolute atomic E-state index is 6.69. The van der Waals surface area contributed by atoms with E-state index in [9.17, 15) is 0 Å². The standard InChI is InChI=1S/C41H25N3OS/c1-5-13-32-25(9-1)21-35-39(42-31-12-4-6-14-33(31)44(32)35)24-17-19-26(20-18-24)43-34-22-29-27-10-3-8-16-37(27)46-38(29)23-30(34)41-40(43)28-11-2-7-15-36(28)45-41/h1-23,40-41H. The van der Waals surface area contributed by atoms with Crippen molar-refractivity contribution in [1.82, 2.24) is 9.38 Å². The average Bonchev–Trinajstić information content (AvgIpc) is 3.85. The molecule has 0 saturated carbocycles. The molecule has 0 fully saturated rings. The summed E-state index contributed by atoms with van der Waals surface area (Å²) in [6.07, 6.45) is -0.0587. The third kappa shape index (κ3) is 3.25. The fourth-order valence-corrected chi connectivity index (χ4v) is 9.01. The highest BCUT2D eigenvalue weighted by atomic mass is 32.1. The van der Waals surface area contributed by atoms with E-state index >= 15 is 0 Å². The molecule has 11 rings (SSSR count). The second-order valence-electron chi connectivity index (χ2n) is 12.3. The van der Waals surface area contributed by atoms with Gasteiger partial charge in [0.1, 0.15) is 11.8 Å². The number of anilines is 2. The normalized spacial score (nSPS) is 16.8. The Balaban J connectivity index is 1.11. The molecule has 2 aliphatic rings. The van der Waals surface area contributed by atoms with Crippen molar-refractivity contribution in [2.24, 2.45) is 0 Å². The summed E-state index contributed by atoms with van der Waals surface area (Å²) in [5.74, 6) is 0.976. The summed E-state index contributed by atoms with van der Waals surface area (Å²) >= 11 is 1.86. The van der Waals surface area contributed by atoms with Gasteiger partial charge in [0.15, 0.2) is 6.10 Å². The molecule has 2 unspecified atom stereocenters. The third-order valence-electron chi connectivity index (χ3n) is 9.88. The van der Waals surface area contributed by atoms with Crippen LogP contribution in [0.25, 0.3) is 58.9 Å². The number of hydrogen-bond donors (Lipinski definition) is 0. The van der Waals surface area contributed by atoms with Gasteiger partial charge in [-0.3, -0.25) is 0 Å². The number of nitrogens with zero attached hydrogens (tertiary/aromatic N) is 3. The van der Waals surface area contributed by atoms with Gasteiger partial charge in [-0.15, -0.1) is 11.3 Å². The highest BCUT2D eigenvalue weighted by Crippen LogP contribution is 2.60. The lowest BCUT2D eigenvalue weighted by atomic mass is 10.0. The Labute approximate surface area is 268 Å². The Morgan fingerprint density at radius 3 is 2.33 bits per heavy atom. The molecule has 0 N–H and O–H groups in total. The van der Waals surface area contributed by atoms with E-state index in [-0.39, 0.29) is 12.1 Å². The fourth-order valence-electron chi connectivity index (χ4n) is 7.87. The summed E-state index contributed by atoms with van der Waals surface area (Å²) in [5, 5.41) is 3.83. The highest BCUT2D eigenvalue weighted by molar-refractivity contribution is 7.25. The van der Waals surface area contributed by atoms with Gasteiger partial charge in [0.05, 0.1) is 27.8 Å². The summed E-state index contributed by atoms with van der Waals surface area (Å²) in [7, 11) is 0. The van der Waals surface area contributed by atoms with Crippen molar-refractivity contribution in [3.05, 3.63) is 151 Å². The highest BCUT2D eigenvalue weighted by Gasteiger charge is 2.47. The second kappa shape index (κ2) is 8.96. The molecule has 0 bridgehead atoms. The number of rotatable bonds is 2. The zero-order valence-corrected chi connectivity index (χ0v) is 25.4. The quantitative estimate of drug-likeness (QED) is 0.196. The van der Waals surface area contributed by atoms with Crippen LogP contribution in [0.15, 0.2) is 140 Å². The third-order valence-corrected chi connectivity index (χ3v) is 11.0. The van der Waals surface area contributed by atoms with Crippen LogP contribution in [0.5, 0.6) is 5.75 Å². The number of para-hydroxylation sites is 4. The molecule has 0 spiro atoms. The predicted octanol–water partition coefficient (Wildman–Crippen LogP) is 11.0. The molecule has 6 aromatic carbocycles. The zero-order chi connectivity index (χ0) is 29.9. The molecule has 0 saturated heterocycles. The van der Waals surface area contributed by atoms with Crippen molar-refractivity contribution in [3.8, 4) is 17.0 Å². The van der Waals surface area contributed by atoms with Crippen LogP contribution in [0.4, 0.5) is 11.4 Å². The molecule has 9 aromatic rings. The van der Waals surface area contributed by atoms with E-state index in [4.69, 9.17) is 9.72 Å². The summed E-state index contributed by atoms with van der Waals surface area (Å²) in [4.78, 5) is 7.72. The van der Waals surface area contributed by atoms with E-state index in [1.54, 1.807) is 0 Å². The first-order valence-electron chi connectivity index (χ1n) is 15.7. The Morgan fingerprint density at radius 1 is 0.609 bits per heavy atom. The maximum atomic E-state index is 6.69. The minimum absolute atomic E-state index is 0.0587. The largest absolute Gasteiger partial charge is 0.483 e. The number of hydrogen-bond acceptors (Lipinski definition) is 4. The second-order valence-corrected chi connectivity index (χ2v) is 13.4. The van der Waals surface area contributed by atoms with Crippen LogP contribution < -0.4 is 9.64 Å². The molecule has 4 nitrogen and oxygen atoms in total.